The maximum atomic E-state index is 12.6. The number of phosphoric acid groups is 1. The third-order valence-electron chi connectivity index (χ3n) is 3.94. The standard InChI is InChI=1S/C14H34O4P2/c1-7-11-20(12-8-2,13-9-3,14-10-4)18-19(15,16-5)17-6/h7-14H2,1-6H3. The summed E-state index contributed by atoms with van der Waals surface area (Å²) in [5, 5.41) is 0. The van der Waals surface area contributed by atoms with Crippen LogP contribution in [0.3, 0.4) is 0 Å². The molecule has 4 nitrogen and oxygen atoms in total. The van der Waals surface area contributed by atoms with Gasteiger partial charge in [0.1, 0.15) is 0 Å². The molecular formula is C14H34O4P2. The Morgan fingerprint density at radius 3 is 1.25 bits per heavy atom. The second-order valence-electron chi connectivity index (χ2n) is 5.65. The molecule has 0 aliphatic rings. The number of hydrogen-bond acceptors (Lipinski definition) is 4. The van der Waals surface area contributed by atoms with E-state index in [9.17, 15) is 4.57 Å². The van der Waals surface area contributed by atoms with Crippen LogP contribution in [-0.4, -0.2) is 38.9 Å². The minimum absolute atomic E-state index is 1.01. The fourth-order valence-corrected chi connectivity index (χ4v) is 13.6. The van der Waals surface area contributed by atoms with Gasteiger partial charge in [0.25, 0.3) is 0 Å². The van der Waals surface area contributed by atoms with E-state index < -0.39 is 14.7 Å². The molecule has 0 radical (unpaired) electrons. The molecule has 0 aromatic heterocycles. The van der Waals surface area contributed by atoms with Gasteiger partial charge < -0.3 is 0 Å². The monoisotopic (exact) mass is 328 g/mol. The van der Waals surface area contributed by atoms with Crippen LogP contribution in [0.25, 0.3) is 0 Å². The molecule has 0 aromatic carbocycles. The summed E-state index contributed by atoms with van der Waals surface area (Å²) in [5.41, 5.74) is 0. The first-order valence-electron chi connectivity index (χ1n) is 7.82. The van der Waals surface area contributed by atoms with Gasteiger partial charge >= 0.3 is 125 Å². The third-order valence-corrected chi connectivity index (χ3v) is 13.8. The Kier molecular flexibility index (Phi) is 9.09. The minimum atomic E-state index is -3.43. The normalized spacial score (nSPS) is 15.0. The Hall–Kier alpha value is 0.540. The summed E-state index contributed by atoms with van der Waals surface area (Å²) < 4.78 is 29.1. The molecule has 0 saturated heterocycles. The van der Waals surface area contributed by atoms with Gasteiger partial charge in [0.15, 0.2) is 0 Å². The van der Waals surface area contributed by atoms with E-state index in [4.69, 9.17) is 13.4 Å². The van der Waals surface area contributed by atoms with Crippen LogP contribution in [0.5, 0.6) is 0 Å². The van der Waals surface area contributed by atoms with Crippen molar-refractivity contribution < 1.29 is 17.9 Å². The van der Waals surface area contributed by atoms with Crippen LogP contribution in [0.2, 0.25) is 0 Å². The molecule has 0 bridgehead atoms. The van der Waals surface area contributed by atoms with Crippen LogP contribution < -0.4 is 0 Å². The summed E-state index contributed by atoms with van der Waals surface area (Å²) in [6.45, 7) is 6.18. The Morgan fingerprint density at radius 1 is 0.750 bits per heavy atom. The van der Waals surface area contributed by atoms with E-state index in [2.05, 4.69) is 27.7 Å². The van der Waals surface area contributed by atoms with Gasteiger partial charge in [-0.25, -0.2) is 0 Å². The summed E-state index contributed by atoms with van der Waals surface area (Å²) in [4.78, 5) is 0. The van der Waals surface area contributed by atoms with Crippen molar-refractivity contribution in [3.05, 3.63) is 0 Å². The van der Waals surface area contributed by atoms with Crippen molar-refractivity contribution >= 4 is 14.7 Å². The van der Waals surface area contributed by atoms with Gasteiger partial charge in [0, 0.05) is 0 Å². The second-order valence-corrected chi connectivity index (χ2v) is 13.4. The SMILES string of the molecule is CCCP(CCC)(CCC)(CCC)OP(=O)(OC)OC. The average Bonchev–Trinajstić information content (AvgIpc) is 2.40. The van der Waals surface area contributed by atoms with Crippen molar-refractivity contribution in [2.45, 2.75) is 53.4 Å². The second kappa shape index (κ2) is 8.86. The number of rotatable bonds is 12. The van der Waals surface area contributed by atoms with Crippen molar-refractivity contribution in [2.75, 3.05) is 38.9 Å². The molecule has 0 N–H and O–H groups in total. The first-order valence-corrected chi connectivity index (χ1v) is 12.2. The first kappa shape index (κ1) is 20.5. The van der Waals surface area contributed by atoms with Gasteiger partial charge in [0.2, 0.25) is 0 Å². The average molecular weight is 328 g/mol. The van der Waals surface area contributed by atoms with Crippen LogP contribution >= 0.6 is 14.7 Å². The molecule has 0 rings (SSSR count). The van der Waals surface area contributed by atoms with Gasteiger partial charge in [0.05, 0.1) is 0 Å². The van der Waals surface area contributed by atoms with Crippen molar-refractivity contribution in [2.24, 2.45) is 0 Å². The quantitative estimate of drug-likeness (QED) is 0.443. The van der Waals surface area contributed by atoms with Gasteiger partial charge in [-0.3, -0.25) is 0 Å². The molecule has 124 valence electrons. The molecule has 0 atom stereocenters. The van der Waals surface area contributed by atoms with E-state index in [0.717, 1.165) is 50.3 Å². The zero-order chi connectivity index (χ0) is 15.7. The third kappa shape index (κ3) is 5.07. The summed E-state index contributed by atoms with van der Waals surface area (Å²) in [7, 11) is -0.612. The molecule has 0 spiro atoms. The molecule has 6 heteroatoms. The fraction of sp³-hybridized carbons (Fsp3) is 1.00. The van der Waals surface area contributed by atoms with Gasteiger partial charge in [-0.2, -0.15) is 0 Å². The van der Waals surface area contributed by atoms with E-state index in [0.29, 0.717) is 0 Å². The predicted molar refractivity (Wildman–Crippen MR) is 90.3 cm³/mol. The van der Waals surface area contributed by atoms with E-state index in [1.165, 1.54) is 14.2 Å². The summed E-state index contributed by atoms with van der Waals surface area (Å²) in [6.07, 6.45) is 8.23. The van der Waals surface area contributed by atoms with E-state index in [1.54, 1.807) is 0 Å². The topological polar surface area (TPSA) is 44.8 Å². The van der Waals surface area contributed by atoms with Crippen LogP contribution in [0.1, 0.15) is 53.4 Å². The van der Waals surface area contributed by atoms with Crippen LogP contribution in [-0.2, 0) is 17.9 Å². The zero-order valence-corrected chi connectivity index (χ0v) is 16.0. The van der Waals surface area contributed by atoms with Gasteiger partial charge in [-0.15, -0.1) is 0 Å². The van der Waals surface area contributed by atoms with Gasteiger partial charge in [-0.05, 0) is 0 Å². The Bertz CT molecular complexity index is 277. The Balaban J connectivity index is 5.74. The molecule has 20 heavy (non-hydrogen) atoms. The Morgan fingerprint density at radius 2 is 1.05 bits per heavy atom. The molecule has 0 heterocycles. The van der Waals surface area contributed by atoms with Crippen LogP contribution in [0.15, 0.2) is 0 Å². The first-order chi connectivity index (χ1) is 9.38. The van der Waals surface area contributed by atoms with Crippen molar-refractivity contribution in [1.82, 2.24) is 0 Å². The summed E-state index contributed by atoms with van der Waals surface area (Å²) in [5.74, 6) is 0. The molecule has 0 aliphatic carbocycles. The van der Waals surface area contributed by atoms with E-state index in [1.807, 2.05) is 0 Å². The fourth-order valence-electron chi connectivity index (χ4n) is 3.52. The van der Waals surface area contributed by atoms with Gasteiger partial charge in [-0.1, -0.05) is 0 Å². The van der Waals surface area contributed by atoms with Crippen LogP contribution in [0, 0.1) is 0 Å². The Labute approximate surface area is 125 Å². The zero-order valence-electron chi connectivity index (χ0n) is 14.2. The number of hydrogen-bond donors (Lipinski definition) is 0. The maximum absolute atomic E-state index is 12.6. The predicted octanol–water partition coefficient (Wildman–Crippen LogP) is 5.51. The molecule has 0 unspecified atom stereocenters. The molecular weight excluding hydrogens is 294 g/mol. The molecule has 0 aromatic rings. The van der Waals surface area contributed by atoms with Crippen molar-refractivity contribution in [1.29, 1.82) is 0 Å². The van der Waals surface area contributed by atoms with Crippen molar-refractivity contribution in [3.63, 3.8) is 0 Å². The molecule has 0 aliphatic heterocycles. The summed E-state index contributed by atoms with van der Waals surface area (Å²) >= 11 is 0. The number of phosphoric ester groups is 1. The molecule has 0 amide bonds. The van der Waals surface area contributed by atoms with Crippen molar-refractivity contribution in [3.8, 4) is 0 Å². The van der Waals surface area contributed by atoms with Crippen LogP contribution in [0.4, 0.5) is 0 Å². The van der Waals surface area contributed by atoms with E-state index in [-0.39, 0.29) is 0 Å². The van der Waals surface area contributed by atoms with E-state index >= 15 is 0 Å². The molecule has 0 fully saturated rings. The summed E-state index contributed by atoms with van der Waals surface area (Å²) in [6, 6.07) is 0. The molecule has 0 saturated carbocycles.